The average Bonchev–Trinajstić information content (AvgIpc) is 3.44. The first-order valence-corrected chi connectivity index (χ1v) is 9.65. The summed E-state index contributed by atoms with van der Waals surface area (Å²) in [6.45, 7) is 0. The molecule has 0 radical (unpaired) electrons. The molecule has 0 spiro atoms. The Labute approximate surface area is 177 Å². The highest BCUT2D eigenvalue weighted by Crippen LogP contribution is 2.32. The highest BCUT2D eigenvalue weighted by molar-refractivity contribution is 5.93. The highest BCUT2D eigenvalue weighted by Gasteiger charge is 2.14. The quantitative estimate of drug-likeness (QED) is 0.451. The standard InChI is InChI=1S/C23H19FN6O/c1-29-20-5-3-4-18(22(20)28-23(29)15-6-8-16(24)9-7-15)27-17-10-11-19(21(12-17)31-2)30-14-25-13-26-30/h3-14,27H,1-2H3. The molecule has 7 nitrogen and oxygen atoms in total. The number of aromatic nitrogens is 5. The van der Waals surface area contributed by atoms with E-state index < -0.39 is 0 Å². The van der Waals surface area contributed by atoms with E-state index in [1.54, 1.807) is 30.3 Å². The summed E-state index contributed by atoms with van der Waals surface area (Å²) >= 11 is 0. The normalized spacial score (nSPS) is 11.1. The third-order valence-corrected chi connectivity index (χ3v) is 5.14. The van der Waals surface area contributed by atoms with Gasteiger partial charge in [0.05, 0.1) is 18.3 Å². The van der Waals surface area contributed by atoms with Crippen LogP contribution in [0.25, 0.3) is 28.1 Å². The van der Waals surface area contributed by atoms with Crippen LogP contribution in [0.5, 0.6) is 5.75 Å². The first kappa shape index (κ1) is 18.8. The van der Waals surface area contributed by atoms with Crippen molar-refractivity contribution in [3.63, 3.8) is 0 Å². The van der Waals surface area contributed by atoms with Crippen molar-refractivity contribution in [1.82, 2.24) is 24.3 Å². The molecule has 0 unspecified atom stereocenters. The third kappa shape index (κ3) is 3.38. The van der Waals surface area contributed by atoms with Crippen LogP contribution in [0.3, 0.4) is 0 Å². The fraction of sp³-hybridized carbons (Fsp3) is 0.0870. The molecule has 154 valence electrons. The van der Waals surface area contributed by atoms with Gasteiger partial charge in [-0.2, -0.15) is 5.10 Å². The van der Waals surface area contributed by atoms with Crippen molar-refractivity contribution in [3.8, 4) is 22.8 Å². The number of hydrogen-bond donors (Lipinski definition) is 1. The predicted molar refractivity (Wildman–Crippen MR) is 117 cm³/mol. The number of halogens is 1. The molecule has 2 aromatic heterocycles. The molecule has 0 amide bonds. The molecule has 0 bridgehead atoms. The Kier molecular flexibility index (Phi) is 4.59. The van der Waals surface area contributed by atoms with Crippen LogP contribution in [0, 0.1) is 5.82 Å². The number of benzene rings is 3. The summed E-state index contributed by atoms with van der Waals surface area (Å²) in [6.07, 6.45) is 3.10. The lowest BCUT2D eigenvalue weighted by Crippen LogP contribution is -2.00. The van der Waals surface area contributed by atoms with Crippen molar-refractivity contribution in [2.24, 2.45) is 7.05 Å². The van der Waals surface area contributed by atoms with Gasteiger partial charge in [0.2, 0.25) is 0 Å². The molecule has 5 aromatic rings. The molecular formula is C23H19FN6O. The molecule has 8 heteroatoms. The van der Waals surface area contributed by atoms with Crippen LogP contribution < -0.4 is 10.1 Å². The molecule has 0 saturated heterocycles. The Morgan fingerprint density at radius 1 is 1.03 bits per heavy atom. The Bertz CT molecular complexity index is 1360. The van der Waals surface area contributed by atoms with Crippen LogP contribution in [0.1, 0.15) is 0 Å². The number of hydrogen-bond acceptors (Lipinski definition) is 5. The van der Waals surface area contributed by atoms with E-state index in [1.807, 2.05) is 48.0 Å². The number of ether oxygens (including phenoxy) is 1. The lowest BCUT2D eigenvalue weighted by Gasteiger charge is -2.12. The number of aryl methyl sites for hydroxylation is 1. The van der Waals surface area contributed by atoms with Gasteiger partial charge in [-0.15, -0.1) is 0 Å². The fourth-order valence-electron chi connectivity index (χ4n) is 3.61. The number of imidazole rings is 1. The fourth-order valence-corrected chi connectivity index (χ4v) is 3.61. The Morgan fingerprint density at radius 2 is 1.87 bits per heavy atom. The van der Waals surface area contributed by atoms with E-state index in [0.29, 0.717) is 5.75 Å². The van der Waals surface area contributed by atoms with Crippen LogP contribution in [-0.2, 0) is 7.05 Å². The van der Waals surface area contributed by atoms with Crippen molar-refractivity contribution in [2.75, 3.05) is 12.4 Å². The van der Waals surface area contributed by atoms with Crippen LogP contribution in [0.15, 0.2) is 73.3 Å². The van der Waals surface area contributed by atoms with Gasteiger partial charge >= 0.3 is 0 Å². The molecule has 5 rings (SSSR count). The minimum absolute atomic E-state index is 0.270. The van der Waals surface area contributed by atoms with Gasteiger partial charge in [0.15, 0.2) is 0 Å². The molecule has 0 fully saturated rings. The van der Waals surface area contributed by atoms with Gasteiger partial charge in [-0.1, -0.05) is 6.07 Å². The maximum Gasteiger partial charge on any atom is 0.146 e. The van der Waals surface area contributed by atoms with Crippen molar-refractivity contribution >= 4 is 22.4 Å². The zero-order chi connectivity index (χ0) is 21.4. The Hall–Kier alpha value is -4.20. The Balaban J connectivity index is 1.54. The van der Waals surface area contributed by atoms with Crippen LogP contribution in [0.2, 0.25) is 0 Å². The minimum Gasteiger partial charge on any atom is -0.494 e. The molecule has 0 saturated carbocycles. The number of methoxy groups -OCH3 is 1. The highest BCUT2D eigenvalue weighted by atomic mass is 19.1. The number of nitrogens with zero attached hydrogens (tertiary/aromatic N) is 5. The Morgan fingerprint density at radius 3 is 2.61 bits per heavy atom. The lowest BCUT2D eigenvalue weighted by molar-refractivity contribution is 0.412. The molecule has 3 aromatic carbocycles. The summed E-state index contributed by atoms with van der Waals surface area (Å²) in [5, 5.41) is 7.60. The largest absolute Gasteiger partial charge is 0.494 e. The van der Waals surface area contributed by atoms with Gasteiger partial charge in [0, 0.05) is 24.4 Å². The summed E-state index contributed by atoms with van der Waals surface area (Å²) in [7, 11) is 3.57. The number of rotatable bonds is 5. The van der Waals surface area contributed by atoms with E-state index in [1.165, 1.54) is 18.5 Å². The van der Waals surface area contributed by atoms with Gasteiger partial charge in [-0.25, -0.2) is 19.0 Å². The number of anilines is 2. The first-order chi connectivity index (χ1) is 15.1. The molecular weight excluding hydrogens is 395 g/mol. The zero-order valence-corrected chi connectivity index (χ0v) is 17.0. The van der Waals surface area contributed by atoms with Crippen molar-refractivity contribution < 1.29 is 9.13 Å². The second kappa shape index (κ2) is 7.56. The monoisotopic (exact) mass is 414 g/mol. The van der Waals surface area contributed by atoms with E-state index in [9.17, 15) is 4.39 Å². The molecule has 2 heterocycles. The summed E-state index contributed by atoms with van der Waals surface area (Å²) < 4.78 is 22.5. The summed E-state index contributed by atoms with van der Waals surface area (Å²) in [5.74, 6) is 1.16. The van der Waals surface area contributed by atoms with E-state index in [-0.39, 0.29) is 5.82 Å². The second-order valence-corrected chi connectivity index (χ2v) is 7.03. The molecule has 31 heavy (non-hydrogen) atoms. The topological polar surface area (TPSA) is 69.8 Å². The molecule has 0 atom stereocenters. The molecule has 0 aliphatic heterocycles. The van der Waals surface area contributed by atoms with Crippen molar-refractivity contribution in [3.05, 3.63) is 79.1 Å². The number of nitrogens with one attached hydrogen (secondary N) is 1. The van der Waals surface area contributed by atoms with Gasteiger partial charge in [0.1, 0.15) is 41.2 Å². The smallest absolute Gasteiger partial charge is 0.146 e. The van der Waals surface area contributed by atoms with Crippen LogP contribution in [0.4, 0.5) is 15.8 Å². The van der Waals surface area contributed by atoms with Crippen LogP contribution >= 0.6 is 0 Å². The maximum atomic E-state index is 13.3. The minimum atomic E-state index is -0.270. The predicted octanol–water partition coefficient (Wildman–Crippen LogP) is 4.71. The SMILES string of the molecule is COc1cc(Nc2cccc3c2nc(-c2ccc(F)cc2)n3C)ccc1-n1cncn1. The van der Waals surface area contributed by atoms with E-state index in [4.69, 9.17) is 9.72 Å². The molecule has 1 N–H and O–H groups in total. The third-order valence-electron chi connectivity index (χ3n) is 5.14. The van der Waals surface area contributed by atoms with Gasteiger partial charge < -0.3 is 14.6 Å². The van der Waals surface area contributed by atoms with Crippen molar-refractivity contribution in [2.45, 2.75) is 0 Å². The van der Waals surface area contributed by atoms with Crippen molar-refractivity contribution in [1.29, 1.82) is 0 Å². The summed E-state index contributed by atoms with van der Waals surface area (Å²) in [4.78, 5) is 8.82. The maximum absolute atomic E-state index is 13.3. The van der Waals surface area contributed by atoms with E-state index >= 15 is 0 Å². The van der Waals surface area contributed by atoms with E-state index in [2.05, 4.69) is 15.4 Å². The molecule has 0 aliphatic carbocycles. The molecule has 0 aliphatic rings. The average molecular weight is 414 g/mol. The zero-order valence-electron chi connectivity index (χ0n) is 17.0. The van der Waals surface area contributed by atoms with E-state index in [0.717, 1.165) is 39.5 Å². The van der Waals surface area contributed by atoms with Gasteiger partial charge in [-0.05, 0) is 48.5 Å². The number of para-hydroxylation sites is 1. The van der Waals surface area contributed by atoms with Crippen LogP contribution in [-0.4, -0.2) is 31.4 Å². The summed E-state index contributed by atoms with van der Waals surface area (Å²) in [6, 6.07) is 18.1. The van der Waals surface area contributed by atoms with Gasteiger partial charge in [0.25, 0.3) is 0 Å². The van der Waals surface area contributed by atoms with Gasteiger partial charge in [-0.3, -0.25) is 0 Å². The summed E-state index contributed by atoms with van der Waals surface area (Å²) in [5.41, 5.74) is 5.14. The lowest BCUT2D eigenvalue weighted by atomic mass is 10.2. The second-order valence-electron chi connectivity index (χ2n) is 7.03. The first-order valence-electron chi connectivity index (χ1n) is 9.65. The number of fused-ring (bicyclic) bond motifs is 1.